The zero-order valence-electron chi connectivity index (χ0n) is 9.67. The number of methoxy groups -OCH3 is 1. The Labute approximate surface area is 99.2 Å². The summed E-state index contributed by atoms with van der Waals surface area (Å²) in [5, 5.41) is 9.18. The molecule has 0 bridgehead atoms. The van der Waals surface area contributed by atoms with Gasteiger partial charge < -0.3 is 14.7 Å². The third-order valence-corrected chi connectivity index (χ3v) is 2.92. The van der Waals surface area contributed by atoms with Crippen molar-refractivity contribution in [1.82, 2.24) is 9.97 Å². The molecule has 1 aromatic rings. The molecule has 1 fully saturated rings. The quantitative estimate of drug-likeness (QED) is 0.842. The number of carboxylic acid groups (broad SMARTS) is 1. The van der Waals surface area contributed by atoms with Crippen LogP contribution in [0.15, 0.2) is 12.4 Å². The van der Waals surface area contributed by atoms with Crippen LogP contribution in [-0.4, -0.2) is 40.7 Å². The highest BCUT2D eigenvalue weighted by atomic mass is 16.5. The summed E-state index contributed by atoms with van der Waals surface area (Å²) in [6.45, 7) is 0.705. The van der Waals surface area contributed by atoms with Crippen LogP contribution in [0.25, 0.3) is 0 Å². The van der Waals surface area contributed by atoms with Gasteiger partial charge in [-0.05, 0) is 19.3 Å². The zero-order chi connectivity index (χ0) is 12.3. The highest BCUT2D eigenvalue weighted by Crippen LogP contribution is 2.24. The fraction of sp³-hybridized carbons (Fsp3) is 0.545. The van der Waals surface area contributed by atoms with Crippen LogP contribution in [0.5, 0.6) is 5.88 Å². The molecule has 6 nitrogen and oxygen atoms in total. The Bertz CT molecular complexity index is 411. The highest BCUT2D eigenvalue weighted by Gasteiger charge is 2.29. The third-order valence-electron chi connectivity index (χ3n) is 2.92. The van der Waals surface area contributed by atoms with Gasteiger partial charge in [-0.2, -0.15) is 0 Å². The molecule has 0 amide bonds. The van der Waals surface area contributed by atoms with Crippen molar-refractivity contribution in [2.45, 2.75) is 25.3 Å². The molecule has 2 heterocycles. The van der Waals surface area contributed by atoms with E-state index in [1.807, 2.05) is 0 Å². The Hall–Kier alpha value is -1.85. The average molecular weight is 237 g/mol. The largest absolute Gasteiger partial charge is 0.481 e. The molecule has 1 aliphatic heterocycles. The van der Waals surface area contributed by atoms with Crippen molar-refractivity contribution in [2.75, 3.05) is 18.6 Å². The second kappa shape index (κ2) is 4.99. The van der Waals surface area contributed by atoms with E-state index in [-0.39, 0.29) is 0 Å². The smallest absolute Gasteiger partial charge is 0.326 e. The summed E-state index contributed by atoms with van der Waals surface area (Å²) in [6, 6.07) is 1.17. The first-order valence-electron chi connectivity index (χ1n) is 5.58. The van der Waals surface area contributed by atoms with Crippen LogP contribution in [0.3, 0.4) is 0 Å². The maximum absolute atomic E-state index is 11.2. The molecule has 6 heteroatoms. The molecule has 0 radical (unpaired) electrons. The zero-order valence-corrected chi connectivity index (χ0v) is 9.67. The van der Waals surface area contributed by atoms with Gasteiger partial charge in [-0.1, -0.05) is 0 Å². The first-order chi connectivity index (χ1) is 8.22. The molecule has 1 aliphatic rings. The minimum absolute atomic E-state index is 0.449. The number of hydrogen-bond acceptors (Lipinski definition) is 5. The predicted molar refractivity (Wildman–Crippen MR) is 61.2 cm³/mol. The van der Waals surface area contributed by atoms with Crippen LogP contribution in [0, 0.1) is 0 Å². The Morgan fingerprint density at radius 1 is 1.53 bits per heavy atom. The van der Waals surface area contributed by atoms with Gasteiger partial charge in [0.1, 0.15) is 18.2 Å². The lowest BCUT2D eigenvalue weighted by Gasteiger charge is -2.33. The van der Waals surface area contributed by atoms with Gasteiger partial charge in [-0.15, -0.1) is 0 Å². The first kappa shape index (κ1) is 11.6. The molecule has 0 unspecified atom stereocenters. The molecule has 1 atom stereocenters. The van der Waals surface area contributed by atoms with E-state index in [0.29, 0.717) is 24.7 Å². The fourth-order valence-electron chi connectivity index (χ4n) is 2.06. The van der Waals surface area contributed by atoms with Crippen molar-refractivity contribution in [3.8, 4) is 5.88 Å². The normalized spacial score (nSPS) is 20.1. The van der Waals surface area contributed by atoms with E-state index < -0.39 is 12.0 Å². The lowest BCUT2D eigenvalue weighted by atomic mass is 10.0. The van der Waals surface area contributed by atoms with Crippen molar-refractivity contribution in [2.24, 2.45) is 0 Å². The second-order valence-electron chi connectivity index (χ2n) is 3.96. The summed E-state index contributed by atoms with van der Waals surface area (Å²) in [5.74, 6) is 0.260. The van der Waals surface area contributed by atoms with Gasteiger partial charge in [-0.25, -0.2) is 14.8 Å². The minimum atomic E-state index is -0.803. The summed E-state index contributed by atoms with van der Waals surface area (Å²) in [4.78, 5) is 21.0. The number of hydrogen-bond donors (Lipinski definition) is 1. The van der Waals surface area contributed by atoms with Gasteiger partial charge in [0, 0.05) is 12.6 Å². The van der Waals surface area contributed by atoms with E-state index in [1.165, 1.54) is 13.4 Å². The molecule has 1 N–H and O–H groups in total. The molecule has 1 saturated heterocycles. The SMILES string of the molecule is COc1cc(N2CCCC[C@H]2C(=O)O)ncn1. The lowest BCUT2D eigenvalue weighted by molar-refractivity contribution is -0.139. The van der Waals surface area contributed by atoms with Gasteiger partial charge >= 0.3 is 5.97 Å². The number of ether oxygens (including phenoxy) is 1. The molecule has 0 aromatic carbocycles. The Morgan fingerprint density at radius 3 is 3.06 bits per heavy atom. The van der Waals surface area contributed by atoms with E-state index in [1.54, 1.807) is 11.0 Å². The predicted octanol–water partition coefficient (Wildman–Crippen LogP) is 0.929. The molecule has 17 heavy (non-hydrogen) atoms. The molecule has 0 spiro atoms. The average Bonchev–Trinajstić information content (AvgIpc) is 2.39. The van der Waals surface area contributed by atoms with Crippen molar-refractivity contribution in [3.63, 3.8) is 0 Å². The van der Waals surface area contributed by atoms with E-state index in [9.17, 15) is 9.90 Å². The van der Waals surface area contributed by atoms with Gasteiger partial charge in [-0.3, -0.25) is 0 Å². The number of rotatable bonds is 3. The van der Waals surface area contributed by atoms with Crippen molar-refractivity contribution < 1.29 is 14.6 Å². The van der Waals surface area contributed by atoms with Crippen LogP contribution in [0.4, 0.5) is 5.82 Å². The van der Waals surface area contributed by atoms with Crippen LogP contribution in [-0.2, 0) is 4.79 Å². The Morgan fingerprint density at radius 2 is 2.35 bits per heavy atom. The number of aliphatic carboxylic acids is 1. The summed E-state index contributed by atoms with van der Waals surface area (Å²) in [5.41, 5.74) is 0. The maximum Gasteiger partial charge on any atom is 0.326 e. The van der Waals surface area contributed by atoms with Crippen LogP contribution in [0.2, 0.25) is 0 Å². The molecule has 92 valence electrons. The van der Waals surface area contributed by atoms with E-state index in [0.717, 1.165) is 12.8 Å². The van der Waals surface area contributed by atoms with Gasteiger partial charge in [0.15, 0.2) is 0 Å². The standard InChI is InChI=1S/C11H15N3O3/c1-17-10-6-9(12-7-13-10)14-5-3-2-4-8(14)11(15)16/h6-8H,2-5H2,1H3,(H,15,16)/t8-/m0/s1. The summed E-state index contributed by atoms with van der Waals surface area (Å²) in [7, 11) is 1.52. The van der Waals surface area contributed by atoms with Crippen LogP contribution < -0.4 is 9.64 Å². The minimum Gasteiger partial charge on any atom is -0.481 e. The Balaban J connectivity index is 2.26. The summed E-state index contributed by atoms with van der Waals surface area (Å²) >= 11 is 0. The number of piperidine rings is 1. The third kappa shape index (κ3) is 2.46. The van der Waals surface area contributed by atoms with Crippen molar-refractivity contribution in [1.29, 1.82) is 0 Å². The monoisotopic (exact) mass is 237 g/mol. The number of anilines is 1. The van der Waals surface area contributed by atoms with Crippen molar-refractivity contribution >= 4 is 11.8 Å². The summed E-state index contributed by atoms with van der Waals surface area (Å²) < 4.78 is 5.02. The lowest BCUT2D eigenvalue weighted by Crippen LogP contribution is -2.45. The number of carbonyl (C=O) groups is 1. The van der Waals surface area contributed by atoms with Gasteiger partial charge in [0.25, 0.3) is 0 Å². The van der Waals surface area contributed by atoms with Crippen LogP contribution >= 0.6 is 0 Å². The van der Waals surface area contributed by atoms with Gasteiger partial charge in [0.2, 0.25) is 5.88 Å². The highest BCUT2D eigenvalue weighted by molar-refractivity contribution is 5.78. The second-order valence-corrected chi connectivity index (χ2v) is 3.96. The molecule has 0 saturated carbocycles. The fourth-order valence-corrected chi connectivity index (χ4v) is 2.06. The van der Waals surface area contributed by atoms with Crippen molar-refractivity contribution in [3.05, 3.63) is 12.4 Å². The number of carboxylic acids is 1. The Kier molecular flexibility index (Phi) is 3.41. The molecule has 0 aliphatic carbocycles. The number of aromatic nitrogens is 2. The van der Waals surface area contributed by atoms with Gasteiger partial charge in [0.05, 0.1) is 7.11 Å². The van der Waals surface area contributed by atoms with Crippen LogP contribution in [0.1, 0.15) is 19.3 Å². The topological polar surface area (TPSA) is 75.5 Å². The van der Waals surface area contributed by atoms with E-state index in [4.69, 9.17) is 4.74 Å². The maximum atomic E-state index is 11.2. The number of nitrogens with zero attached hydrogens (tertiary/aromatic N) is 3. The molecule has 2 rings (SSSR count). The summed E-state index contributed by atoms with van der Waals surface area (Å²) in [6.07, 6.45) is 3.97. The first-order valence-corrected chi connectivity index (χ1v) is 5.58. The molecular weight excluding hydrogens is 222 g/mol. The van der Waals surface area contributed by atoms with E-state index in [2.05, 4.69) is 9.97 Å². The molecule has 1 aromatic heterocycles. The van der Waals surface area contributed by atoms with E-state index >= 15 is 0 Å². The molecular formula is C11H15N3O3.